The van der Waals surface area contributed by atoms with Crippen molar-refractivity contribution in [3.05, 3.63) is 35.7 Å². The number of hydrogen-bond donors (Lipinski definition) is 1. The lowest BCUT2D eigenvalue weighted by Crippen LogP contribution is -2.19. The molecule has 23 heavy (non-hydrogen) atoms. The molecule has 1 aromatic heterocycles. The van der Waals surface area contributed by atoms with Crippen LogP contribution in [-0.2, 0) is 4.79 Å². The average molecular weight is 317 g/mol. The number of methoxy groups -OCH3 is 2. The maximum Gasteiger partial charge on any atom is 0.226 e. The number of hydrogen-bond acceptors (Lipinski definition) is 4. The number of carbonyl (C=O) groups is 1. The SMILES string of the molecule is COc1ccc(NC(=O)C[C@@H](C)n2nc(C)cc2C)cc1OC. The van der Waals surface area contributed by atoms with Crippen LogP contribution in [0.5, 0.6) is 11.5 Å². The Morgan fingerprint density at radius 2 is 1.91 bits per heavy atom. The summed E-state index contributed by atoms with van der Waals surface area (Å²) in [5, 5.41) is 7.30. The molecule has 0 radical (unpaired) electrons. The molecule has 6 nitrogen and oxygen atoms in total. The van der Waals surface area contributed by atoms with Crippen LogP contribution < -0.4 is 14.8 Å². The minimum atomic E-state index is -0.0720. The van der Waals surface area contributed by atoms with Gasteiger partial charge in [0.15, 0.2) is 11.5 Å². The molecular formula is C17H23N3O3. The fourth-order valence-corrected chi connectivity index (χ4v) is 2.57. The number of nitrogens with zero attached hydrogens (tertiary/aromatic N) is 2. The van der Waals surface area contributed by atoms with Crippen molar-refractivity contribution in [2.24, 2.45) is 0 Å². The van der Waals surface area contributed by atoms with E-state index in [0.29, 0.717) is 23.6 Å². The monoisotopic (exact) mass is 317 g/mol. The predicted octanol–water partition coefficient (Wildman–Crippen LogP) is 3.11. The number of nitrogens with one attached hydrogen (secondary N) is 1. The Morgan fingerprint density at radius 3 is 2.48 bits per heavy atom. The molecule has 0 unspecified atom stereocenters. The summed E-state index contributed by atoms with van der Waals surface area (Å²) in [5.74, 6) is 1.13. The fraction of sp³-hybridized carbons (Fsp3) is 0.412. The molecule has 2 rings (SSSR count). The molecule has 0 saturated carbocycles. The number of benzene rings is 1. The Hall–Kier alpha value is -2.50. The number of anilines is 1. The van der Waals surface area contributed by atoms with Crippen molar-refractivity contribution in [1.82, 2.24) is 9.78 Å². The maximum absolute atomic E-state index is 12.2. The van der Waals surface area contributed by atoms with Gasteiger partial charge in [0.05, 0.1) is 26.0 Å². The van der Waals surface area contributed by atoms with Gasteiger partial charge < -0.3 is 14.8 Å². The molecule has 2 aromatic rings. The van der Waals surface area contributed by atoms with Crippen LogP contribution in [0, 0.1) is 13.8 Å². The first-order valence-corrected chi connectivity index (χ1v) is 7.49. The zero-order valence-corrected chi connectivity index (χ0v) is 14.2. The normalized spacial score (nSPS) is 11.9. The van der Waals surface area contributed by atoms with Crippen LogP contribution in [0.3, 0.4) is 0 Å². The number of amides is 1. The molecule has 124 valence electrons. The van der Waals surface area contributed by atoms with Crippen molar-refractivity contribution in [1.29, 1.82) is 0 Å². The van der Waals surface area contributed by atoms with Crippen LogP contribution in [0.1, 0.15) is 30.8 Å². The van der Waals surface area contributed by atoms with Crippen LogP contribution in [0.4, 0.5) is 5.69 Å². The van der Waals surface area contributed by atoms with Crippen molar-refractivity contribution in [3.8, 4) is 11.5 Å². The molecular weight excluding hydrogens is 294 g/mol. The summed E-state index contributed by atoms with van der Waals surface area (Å²) in [6, 6.07) is 7.28. The molecule has 0 fully saturated rings. The minimum absolute atomic E-state index is 0.0103. The van der Waals surface area contributed by atoms with Gasteiger partial charge in [-0.3, -0.25) is 9.48 Å². The molecule has 1 atom stereocenters. The highest BCUT2D eigenvalue weighted by molar-refractivity contribution is 5.91. The molecule has 0 aliphatic carbocycles. The van der Waals surface area contributed by atoms with Crippen LogP contribution >= 0.6 is 0 Å². The first kappa shape index (κ1) is 16.9. The predicted molar refractivity (Wildman–Crippen MR) is 89.2 cm³/mol. The van der Waals surface area contributed by atoms with Gasteiger partial charge in [-0.25, -0.2) is 0 Å². The lowest BCUT2D eigenvalue weighted by Gasteiger charge is -2.15. The quantitative estimate of drug-likeness (QED) is 0.889. The molecule has 1 heterocycles. The second-order valence-electron chi connectivity index (χ2n) is 5.54. The summed E-state index contributed by atoms with van der Waals surface area (Å²) < 4.78 is 12.3. The molecule has 1 N–H and O–H groups in total. The number of carbonyl (C=O) groups excluding carboxylic acids is 1. The highest BCUT2D eigenvalue weighted by Crippen LogP contribution is 2.30. The van der Waals surface area contributed by atoms with Crippen molar-refractivity contribution in [2.45, 2.75) is 33.2 Å². The highest BCUT2D eigenvalue weighted by atomic mass is 16.5. The summed E-state index contributed by atoms with van der Waals surface area (Å²) in [7, 11) is 3.14. The van der Waals surface area contributed by atoms with E-state index in [1.807, 2.05) is 31.5 Å². The first-order valence-electron chi connectivity index (χ1n) is 7.49. The standard InChI is InChI=1S/C17H23N3O3/c1-11-8-12(2)20(19-11)13(3)9-17(21)18-14-6-7-15(22-4)16(10-14)23-5/h6-8,10,13H,9H2,1-5H3,(H,18,21)/t13-/m1/s1. The highest BCUT2D eigenvalue weighted by Gasteiger charge is 2.15. The molecule has 1 aromatic carbocycles. The van der Waals surface area contributed by atoms with E-state index in [1.54, 1.807) is 32.4 Å². The Balaban J connectivity index is 2.03. The van der Waals surface area contributed by atoms with Gasteiger partial charge in [0.2, 0.25) is 5.91 Å². The number of ether oxygens (including phenoxy) is 2. The van der Waals surface area contributed by atoms with Gasteiger partial charge in [-0.1, -0.05) is 0 Å². The first-order chi connectivity index (χ1) is 10.9. The minimum Gasteiger partial charge on any atom is -0.493 e. The largest absolute Gasteiger partial charge is 0.493 e. The Kier molecular flexibility index (Phi) is 5.26. The summed E-state index contributed by atoms with van der Waals surface area (Å²) in [6.07, 6.45) is 0.344. The number of aryl methyl sites for hydroxylation is 2. The number of aromatic nitrogens is 2. The summed E-state index contributed by atoms with van der Waals surface area (Å²) >= 11 is 0. The third kappa shape index (κ3) is 4.03. The smallest absolute Gasteiger partial charge is 0.226 e. The van der Waals surface area contributed by atoms with E-state index in [2.05, 4.69) is 10.4 Å². The summed E-state index contributed by atoms with van der Waals surface area (Å²) in [4.78, 5) is 12.2. The van der Waals surface area contributed by atoms with Crippen LogP contribution in [0.15, 0.2) is 24.3 Å². The molecule has 0 spiro atoms. The van der Waals surface area contributed by atoms with Crippen LogP contribution in [0.2, 0.25) is 0 Å². The number of rotatable bonds is 6. The second-order valence-corrected chi connectivity index (χ2v) is 5.54. The molecule has 1 amide bonds. The lowest BCUT2D eigenvalue weighted by molar-refractivity contribution is -0.116. The Bertz CT molecular complexity index is 694. The van der Waals surface area contributed by atoms with Gasteiger partial charge in [0.1, 0.15) is 0 Å². The molecule has 0 saturated heterocycles. The molecule has 0 bridgehead atoms. The van der Waals surface area contributed by atoms with E-state index >= 15 is 0 Å². The topological polar surface area (TPSA) is 65.4 Å². The zero-order chi connectivity index (χ0) is 17.0. The van der Waals surface area contributed by atoms with Crippen molar-refractivity contribution in [3.63, 3.8) is 0 Å². The van der Waals surface area contributed by atoms with Gasteiger partial charge in [-0.05, 0) is 39.0 Å². The van der Waals surface area contributed by atoms with Gasteiger partial charge >= 0.3 is 0 Å². The third-order valence-corrected chi connectivity index (χ3v) is 3.61. The van der Waals surface area contributed by atoms with E-state index in [1.165, 1.54) is 0 Å². The van der Waals surface area contributed by atoms with Crippen LogP contribution in [-0.4, -0.2) is 29.9 Å². The van der Waals surface area contributed by atoms with E-state index in [0.717, 1.165) is 11.4 Å². The van der Waals surface area contributed by atoms with E-state index in [-0.39, 0.29) is 11.9 Å². The third-order valence-electron chi connectivity index (χ3n) is 3.61. The Labute approximate surface area is 136 Å². The summed E-state index contributed by atoms with van der Waals surface area (Å²) in [6.45, 7) is 5.91. The summed E-state index contributed by atoms with van der Waals surface area (Å²) in [5.41, 5.74) is 2.68. The molecule has 0 aliphatic rings. The van der Waals surface area contributed by atoms with Gasteiger partial charge in [-0.2, -0.15) is 5.10 Å². The molecule has 6 heteroatoms. The zero-order valence-electron chi connectivity index (χ0n) is 14.2. The molecule has 0 aliphatic heterocycles. The lowest BCUT2D eigenvalue weighted by atomic mass is 10.2. The fourth-order valence-electron chi connectivity index (χ4n) is 2.57. The van der Waals surface area contributed by atoms with Gasteiger partial charge in [-0.15, -0.1) is 0 Å². The Morgan fingerprint density at radius 1 is 1.22 bits per heavy atom. The maximum atomic E-state index is 12.2. The van der Waals surface area contributed by atoms with Crippen molar-refractivity contribution >= 4 is 11.6 Å². The average Bonchev–Trinajstić information content (AvgIpc) is 2.85. The van der Waals surface area contributed by atoms with Crippen molar-refractivity contribution in [2.75, 3.05) is 19.5 Å². The van der Waals surface area contributed by atoms with E-state index in [9.17, 15) is 4.79 Å². The van der Waals surface area contributed by atoms with E-state index < -0.39 is 0 Å². The van der Waals surface area contributed by atoms with Gasteiger partial charge in [0, 0.05) is 23.9 Å². The van der Waals surface area contributed by atoms with Crippen molar-refractivity contribution < 1.29 is 14.3 Å². The van der Waals surface area contributed by atoms with Gasteiger partial charge in [0.25, 0.3) is 0 Å². The van der Waals surface area contributed by atoms with E-state index in [4.69, 9.17) is 9.47 Å². The second kappa shape index (κ2) is 7.17. The van der Waals surface area contributed by atoms with Crippen LogP contribution in [0.25, 0.3) is 0 Å².